The predicted molar refractivity (Wildman–Crippen MR) is 126 cm³/mol. The first-order valence-corrected chi connectivity index (χ1v) is 10.3. The van der Waals surface area contributed by atoms with E-state index in [9.17, 15) is 4.79 Å². The number of nitrogens with zero attached hydrogens (tertiary/aromatic N) is 2. The third-order valence-corrected chi connectivity index (χ3v) is 5.85. The summed E-state index contributed by atoms with van der Waals surface area (Å²) >= 11 is 1.72. The second-order valence-corrected chi connectivity index (χ2v) is 7.87. The number of thiazole rings is 1. The molecule has 0 bridgehead atoms. The molecule has 0 radical (unpaired) electrons. The molecular formula is C20H28IN5OS. The molecule has 0 saturated heterocycles. The van der Waals surface area contributed by atoms with Crippen molar-refractivity contribution in [3.8, 4) is 0 Å². The first-order valence-electron chi connectivity index (χ1n) is 9.46. The van der Waals surface area contributed by atoms with Crippen LogP contribution in [0.4, 0.5) is 5.69 Å². The van der Waals surface area contributed by atoms with Crippen molar-refractivity contribution in [3.63, 3.8) is 0 Å². The minimum atomic E-state index is 0. The average molecular weight is 513 g/mol. The second-order valence-electron chi connectivity index (χ2n) is 6.67. The zero-order valence-corrected chi connectivity index (χ0v) is 19.5. The highest BCUT2D eigenvalue weighted by atomic mass is 127. The van der Waals surface area contributed by atoms with Gasteiger partial charge in [0.05, 0.1) is 6.54 Å². The number of aliphatic imine (C=N–C) groups is 1. The van der Waals surface area contributed by atoms with E-state index in [0.29, 0.717) is 13.1 Å². The molecule has 2 aromatic rings. The van der Waals surface area contributed by atoms with E-state index in [2.05, 4.69) is 32.9 Å². The van der Waals surface area contributed by atoms with E-state index >= 15 is 0 Å². The van der Waals surface area contributed by atoms with Gasteiger partial charge in [-0.1, -0.05) is 25.5 Å². The number of benzene rings is 1. The average Bonchev–Trinajstić information content (AvgIpc) is 3.09. The number of aromatic nitrogens is 1. The molecule has 0 spiro atoms. The van der Waals surface area contributed by atoms with Crippen LogP contribution in [0, 0.1) is 5.92 Å². The maximum atomic E-state index is 12.1. The zero-order valence-electron chi connectivity index (χ0n) is 16.3. The van der Waals surface area contributed by atoms with Crippen molar-refractivity contribution in [2.75, 3.05) is 12.4 Å². The summed E-state index contributed by atoms with van der Waals surface area (Å²) in [5.74, 6) is 1.06. The van der Waals surface area contributed by atoms with Crippen LogP contribution in [0.2, 0.25) is 0 Å². The summed E-state index contributed by atoms with van der Waals surface area (Å²) < 4.78 is 0. The lowest BCUT2D eigenvalue weighted by Crippen LogP contribution is -2.36. The first-order chi connectivity index (χ1) is 13.2. The molecule has 3 rings (SSSR count). The minimum absolute atomic E-state index is 0. The molecule has 1 fully saturated rings. The summed E-state index contributed by atoms with van der Waals surface area (Å²) in [5, 5.41) is 10.7. The topological polar surface area (TPSA) is 78.4 Å². The number of hydrogen-bond acceptors (Lipinski definition) is 4. The summed E-state index contributed by atoms with van der Waals surface area (Å²) in [5.41, 5.74) is 1.94. The third-order valence-electron chi connectivity index (χ3n) is 4.71. The number of amides is 1. The van der Waals surface area contributed by atoms with Gasteiger partial charge in [0, 0.05) is 36.3 Å². The van der Waals surface area contributed by atoms with E-state index in [1.807, 2.05) is 30.5 Å². The Morgan fingerprint density at radius 1 is 1.29 bits per heavy atom. The number of carbonyl (C=O) groups excluding carboxylic acids is 1. The number of hydrogen-bond donors (Lipinski definition) is 3. The second kappa shape index (κ2) is 11.4. The number of guanidine groups is 1. The zero-order chi connectivity index (χ0) is 19.1. The lowest BCUT2D eigenvalue weighted by atomic mass is 9.85. The molecule has 1 amide bonds. The highest BCUT2D eigenvalue weighted by Gasteiger charge is 2.25. The molecule has 1 aromatic heterocycles. The van der Waals surface area contributed by atoms with Gasteiger partial charge in [0.1, 0.15) is 5.01 Å². The van der Waals surface area contributed by atoms with Gasteiger partial charge in [0.2, 0.25) is 5.91 Å². The van der Waals surface area contributed by atoms with E-state index in [-0.39, 0.29) is 35.8 Å². The van der Waals surface area contributed by atoms with Crippen LogP contribution in [0.15, 0.2) is 35.5 Å². The molecule has 0 aliphatic heterocycles. The van der Waals surface area contributed by atoms with Crippen LogP contribution in [0.5, 0.6) is 0 Å². The van der Waals surface area contributed by atoms with Gasteiger partial charge in [-0.15, -0.1) is 35.3 Å². The Balaban J connectivity index is 0.00000280. The molecular weight excluding hydrogens is 485 g/mol. The molecule has 0 unspecified atom stereocenters. The lowest BCUT2D eigenvalue weighted by Gasteiger charge is -2.24. The van der Waals surface area contributed by atoms with Crippen molar-refractivity contribution in [2.24, 2.45) is 10.9 Å². The van der Waals surface area contributed by atoms with Gasteiger partial charge in [-0.25, -0.2) is 4.98 Å². The highest BCUT2D eigenvalue weighted by molar-refractivity contribution is 14.0. The summed E-state index contributed by atoms with van der Waals surface area (Å²) in [4.78, 5) is 22.1. The number of anilines is 1. The summed E-state index contributed by atoms with van der Waals surface area (Å²) in [6.07, 6.45) is 6.12. The largest absolute Gasteiger partial charge is 0.352 e. The van der Waals surface area contributed by atoms with E-state index in [1.54, 1.807) is 18.4 Å². The summed E-state index contributed by atoms with van der Waals surface area (Å²) in [6.45, 7) is 3.42. The van der Waals surface area contributed by atoms with Crippen molar-refractivity contribution < 1.29 is 4.79 Å². The molecule has 1 aliphatic carbocycles. The van der Waals surface area contributed by atoms with Crippen LogP contribution in [0.25, 0.3) is 0 Å². The fourth-order valence-electron chi connectivity index (χ4n) is 2.83. The summed E-state index contributed by atoms with van der Waals surface area (Å²) in [6, 6.07) is 7.94. The number of rotatable bonds is 7. The monoisotopic (exact) mass is 513 g/mol. The van der Waals surface area contributed by atoms with E-state index in [0.717, 1.165) is 47.9 Å². The predicted octanol–water partition coefficient (Wildman–Crippen LogP) is 3.93. The number of nitrogens with one attached hydrogen (secondary N) is 3. The van der Waals surface area contributed by atoms with Crippen molar-refractivity contribution >= 4 is 52.9 Å². The maximum Gasteiger partial charge on any atom is 0.227 e. The quantitative estimate of drug-likeness (QED) is 0.298. The SMILES string of the molecule is CCc1cnc(CNC(=NC)NCc2cccc(NC(=O)C3CCC3)c2)s1.I. The number of carbonyl (C=O) groups is 1. The van der Waals surface area contributed by atoms with Gasteiger partial charge >= 0.3 is 0 Å². The Morgan fingerprint density at radius 2 is 2.07 bits per heavy atom. The number of halogens is 1. The van der Waals surface area contributed by atoms with Gasteiger partial charge < -0.3 is 16.0 Å². The Labute approximate surface area is 187 Å². The van der Waals surface area contributed by atoms with Gasteiger partial charge in [0.15, 0.2) is 5.96 Å². The lowest BCUT2D eigenvalue weighted by molar-refractivity contribution is -0.122. The third kappa shape index (κ3) is 6.44. The van der Waals surface area contributed by atoms with E-state index in [1.165, 1.54) is 4.88 Å². The smallest absolute Gasteiger partial charge is 0.227 e. The Kier molecular flexibility index (Phi) is 9.17. The van der Waals surface area contributed by atoms with Crippen molar-refractivity contribution in [3.05, 3.63) is 45.9 Å². The molecule has 1 aromatic carbocycles. The molecule has 152 valence electrons. The van der Waals surface area contributed by atoms with Gasteiger partial charge in [-0.2, -0.15) is 0 Å². The van der Waals surface area contributed by atoms with E-state index < -0.39 is 0 Å². The standard InChI is InChI=1S/C20H27N5OS.HI/c1-3-17-12-22-18(27-17)13-24-20(21-2)23-11-14-6-4-9-16(10-14)25-19(26)15-7-5-8-15;/h4,6,9-10,12,15H,3,5,7-8,11,13H2,1-2H3,(H,25,26)(H2,21,23,24);1H. The van der Waals surface area contributed by atoms with Crippen LogP contribution in [-0.4, -0.2) is 23.9 Å². The first kappa shape index (κ1) is 22.6. The van der Waals surface area contributed by atoms with Gasteiger partial charge in [0.25, 0.3) is 0 Å². The van der Waals surface area contributed by atoms with Crippen LogP contribution in [-0.2, 0) is 24.3 Å². The number of aryl methyl sites for hydroxylation is 1. The Morgan fingerprint density at radius 3 is 2.71 bits per heavy atom. The Hall–Kier alpha value is -1.68. The van der Waals surface area contributed by atoms with Crippen LogP contribution < -0.4 is 16.0 Å². The molecule has 28 heavy (non-hydrogen) atoms. The maximum absolute atomic E-state index is 12.1. The molecule has 1 aliphatic rings. The van der Waals surface area contributed by atoms with Gasteiger partial charge in [-0.05, 0) is 37.0 Å². The Bertz CT molecular complexity index is 803. The van der Waals surface area contributed by atoms with E-state index in [4.69, 9.17) is 0 Å². The van der Waals surface area contributed by atoms with Crippen LogP contribution in [0.3, 0.4) is 0 Å². The molecule has 6 nitrogen and oxygen atoms in total. The summed E-state index contributed by atoms with van der Waals surface area (Å²) in [7, 11) is 1.75. The van der Waals surface area contributed by atoms with Crippen molar-refractivity contribution in [2.45, 2.75) is 45.7 Å². The van der Waals surface area contributed by atoms with Crippen LogP contribution in [0.1, 0.15) is 41.6 Å². The normalized spacial score (nSPS) is 14.0. The van der Waals surface area contributed by atoms with Crippen molar-refractivity contribution in [1.29, 1.82) is 0 Å². The molecule has 3 N–H and O–H groups in total. The van der Waals surface area contributed by atoms with Crippen LogP contribution >= 0.6 is 35.3 Å². The molecule has 1 saturated carbocycles. The molecule has 8 heteroatoms. The molecule has 1 heterocycles. The highest BCUT2D eigenvalue weighted by Crippen LogP contribution is 2.27. The minimum Gasteiger partial charge on any atom is -0.352 e. The van der Waals surface area contributed by atoms with Crippen molar-refractivity contribution in [1.82, 2.24) is 15.6 Å². The fourth-order valence-corrected chi connectivity index (χ4v) is 3.63. The van der Waals surface area contributed by atoms with Gasteiger partial charge in [-0.3, -0.25) is 9.79 Å². The molecule has 0 atom stereocenters. The fraction of sp³-hybridized carbons (Fsp3) is 0.450.